The minimum absolute atomic E-state index is 1.01. The molecule has 0 bridgehead atoms. The van der Waals surface area contributed by atoms with Crippen LogP contribution in [0.2, 0.25) is 0 Å². The zero-order chi connectivity index (χ0) is 26.9. The Balaban J connectivity index is 1.46. The van der Waals surface area contributed by atoms with Crippen LogP contribution in [0.5, 0.6) is 0 Å². The molecule has 0 atom stereocenters. The highest BCUT2D eigenvalue weighted by molar-refractivity contribution is 6.12. The Morgan fingerprint density at radius 2 is 0.902 bits per heavy atom. The van der Waals surface area contributed by atoms with Crippen molar-refractivity contribution in [2.24, 2.45) is 0 Å². The van der Waals surface area contributed by atoms with E-state index in [1.807, 2.05) is 6.20 Å². The molecule has 2 heteroatoms. The van der Waals surface area contributed by atoms with Gasteiger partial charge in [-0.1, -0.05) is 103 Å². The van der Waals surface area contributed by atoms with Crippen LogP contribution >= 0.6 is 0 Å². The summed E-state index contributed by atoms with van der Waals surface area (Å²) in [7, 11) is 0. The first-order valence-corrected chi connectivity index (χ1v) is 14.1. The van der Waals surface area contributed by atoms with E-state index in [-0.39, 0.29) is 0 Å². The average molecular weight is 521 g/mol. The van der Waals surface area contributed by atoms with Crippen molar-refractivity contribution in [3.8, 4) is 50.2 Å². The summed E-state index contributed by atoms with van der Waals surface area (Å²) < 4.78 is 2.41. The molecule has 2 nitrogen and oxygen atoms in total. The van der Waals surface area contributed by atoms with Crippen LogP contribution in [0.25, 0.3) is 82.9 Å². The van der Waals surface area contributed by atoms with Crippen molar-refractivity contribution in [3.63, 3.8) is 0 Å². The van der Waals surface area contributed by atoms with Gasteiger partial charge >= 0.3 is 0 Å². The Morgan fingerprint density at radius 3 is 1.56 bits per heavy atom. The Kier molecular flexibility index (Phi) is 4.64. The lowest BCUT2D eigenvalue weighted by molar-refractivity contribution is 1.18. The topological polar surface area (TPSA) is 17.8 Å². The molecule has 0 fully saturated rings. The van der Waals surface area contributed by atoms with Crippen molar-refractivity contribution in [1.29, 1.82) is 0 Å². The zero-order valence-electron chi connectivity index (χ0n) is 22.3. The molecule has 1 aliphatic rings. The molecule has 190 valence electrons. The number of pyridine rings is 1. The number of aromatic nitrogens is 2. The van der Waals surface area contributed by atoms with E-state index < -0.39 is 0 Å². The van der Waals surface area contributed by atoms with E-state index in [4.69, 9.17) is 4.98 Å². The average Bonchev–Trinajstić information content (AvgIpc) is 3.38. The summed E-state index contributed by atoms with van der Waals surface area (Å²) in [6, 6.07) is 50.7. The highest BCUT2D eigenvalue weighted by Gasteiger charge is 2.24. The first-order valence-electron chi connectivity index (χ1n) is 14.1. The molecule has 0 radical (unpaired) electrons. The van der Waals surface area contributed by atoms with Gasteiger partial charge in [0.05, 0.1) is 16.6 Å². The molecule has 0 N–H and O–H groups in total. The summed E-state index contributed by atoms with van der Waals surface area (Å²) in [5.41, 5.74) is 14.5. The fourth-order valence-corrected chi connectivity index (χ4v) is 6.89. The molecule has 1 aliphatic carbocycles. The standard InChI is InChI=1S/C39H24N2/c1-2-12-28-26(10-1)27-11-3-4-13-29(27)33-21-22-36-34(16-9-23-40-36)39(33)35-24-25(19-20-30(28)35)41-37-17-7-5-14-31(37)32-15-6-8-18-38(32)41/h1-24H. The van der Waals surface area contributed by atoms with Gasteiger partial charge in [-0.15, -0.1) is 0 Å². The van der Waals surface area contributed by atoms with Gasteiger partial charge in [0.15, 0.2) is 0 Å². The van der Waals surface area contributed by atoms with E-state index in [1.165, 1.54) is 71.7 Å². The summed E-state index contributed by atoms with van der Waals surface area (Å²) in [5.74, 6) is 0. The van der Waals surface area contributed by atoms with Gasteiger partial charge in [0.1, 0.15) is 0 Å². The molecule has 2 aromatic heterocycles. The summed E-state index contributed by atoms with van der Waals surface area (Å²) in [4.78, 5) is 4.77. The Bertz CT molecular complexity index is 2270. The zero-order valence-corrected chi connectivity index (χ0v) is 22.3. The predicted molar refractivity (Wildman–Crippen MR) is 171 cm³/mol. The highest BCUT2D eigenvalue weighted by Crippen LogP contribution is 2.50. The van der Waals surface area contributed by atoms with Crippen molar-refractivity contribution in [3.05, 3.63) is 146 Å². The molecule has 8 aromatic rings. The Morgan fingerprint density at radius 1 is 0.390 bits per heavy atom. The van der Waals surface area contributed by atoms with Gasteiger partial charge < -0.3 is 4.57 Å². The van der Waals surface area contributed by atoms with E-state index in [9.17, 15) is 0 Å². The second-order valence-electron chi connectivity index (χ2n) is 10.7. The first-order chi connectivity index (χ1) is 20.4. The third-order valence-corrected chi connectivity index (χ3v) is 8.62. The van der Waals surface area contributed by atoms with E-state index in [2.05, 4.69) is 144 Å². The van der Waals surface area contributed by atoms with Gasteiger partial charge in [0.25, 0.3) is 0 Å². The molecule has 0 unspecified atom stereocenters. The number of hydrogen-bond acceptors (Lipinski definition) is 1. The molecule has 6 aromatic carbocycles. The van der Waals surface area contributed by atoms with Gasteiger partial charge in [0, 0.05) is 28.0 Å². The van der Waals surface area contributed by atoms with Crippen molar-refractivity contribution >= 4 is 32.7 Å². The number of nitrogens with zero attached hydrogens (tertiary/aromatic N) is 2. The highest BCUT2D eigenvalue weighted by atomic mass is 15.0. The largest absolute Gasteiger partial charge is 0.309 e. The Hall–Kier alpha value is -5.47. The van der Waals surface area contributed by atoms with Gasteiger partial charge in [0.2, 0.25) is 0 Å². The molecule has 9 rings (SSSR count). The number of rotatable bonds is 1. The quantitative estimate of drug-likeness (QED) is 0.210. The van der Waals surface area contributed by atoms with E-state index >= 15 is 0 Å². The van der Waals surface area contributed by atoms with Crippen LogP contribution in [-0.2, 0) is 0 Å². The molecule has 0 aliphatic heterocycles. The second-order valence-corrected chi connectivity index (χ2v) is 10.7. The van der Waals surface area contributed by atoms with Crippen LogP contribution in [0, 0.1) is 0 Å². The third kappa shape index (κ3) is 3.16. The summed E-state index contributed by atoms with van der Waals surface area (Å²) in [5, 5.41) is 3.70. The predicted octanol–water partition coefficient (Wildman–Crippen LogP) is 10.3. The first kappa shape index (κ1) is 22.4. The molecule has 41 heavy (non-hydrogen) atoms. The van der Waals surface area contributed by atoms with Crippen LogP contribution in [0.4, 0.5) is 0 Å². The summed E-state index contributed by atoms with van der Waals surface area (Å²) >= 11 is 0. The Labute approximate surface area is 237 Å². The molecule has 0 saturated heterocycles. The van der Waals surface area contributed by atoms with Crippen LogP contribution in [0.3, 0.4) is 0 Å². The third-order valence-electron chi connectivity index (χ3n) is 8.62. The van der Waals surface area contributed by atoms with Gasteiger partial charge in [-0.2, -0.15) is 0 Å². The monoisotopic (exact) mass is 520 g/mol. The fourth-order valence-electron chi connectivity index (χ4n) is 6.89. The van der Waals surface area contributed by atoms with Crippen LogP contribution < -0.4 is 0 Å². The van der Waals surface area contributed by atoms with E-state index in [1.54, 1.807) is 0 Å². The molecule has 2 heterocycles. The number of fused-ring (bicyclic) bond motifs is 13. The SMILES string of the molecule is c1ccc2c(c1)-c1ccccc1-c1ccc3ncccc3c1-c1cc(-n3c4ccccc4c4ccccc43)ccc1-2. The number of benzene rings is 6. The molecular formula is C39H24N2. The van der Waals surface area contributed by atoms with E-state index in [0.29, 0.717) is 0 Å². The fraction of sp³-hybridized carbons (Fsp3) is 0. The van der Waals surface area contributed by atoms with Crippen LogP contribution in [0.1, 0.15) is 0 Å². The maximum absolute atomic E-state index is 4.77. The van der Waals surface area contributed by atoms with Crippen molar-refractivity contribution in [2.45, 2.75) is 0 Å². The summed E-state index contributed by atoms with van der Waals surface area (Å²) in [6.45, 7) is 0. The molecule has 0 amide bonds. The lowest BCUT2D eigenvalue weighted by atomic mass is 9.79. The second kappa shape index (κ2) is 8.51. The summed E-state index contributed by atoms with van der Waals surface area (Å²) in [6.07, 6.45) is 1.89. The molecule has 0 saturated carbocycles. The normalized spacial score (nSPS) is 11.9. The smallest absolute Gasteiger partial charge is 0.0708 e. The minimum atomic E-state index is 1.01. The minimum Gasteiger partial charge on any atom is -0.309 e. The van der Waals surface area contributed by atoms with Crippen LogP contribution in [0.15, 0.2) is 146 Å². The van der Waals surface area contributed by atoms with Crippen molar-refractivity contribution in [1.82, 2.24) is 9.55 Å². The van der Waals surface area contributed by atoms with Crippen molar-refractivity contribution in [2.75, 3.05) is 0 Å². The van der Waals surface area contributed by atoms with Crippen LogP contribution in [-0.4, -0.2) is 9.55 Å². The molecule has 0 spiro atoms. The van der Waals surface area contributed by atoms with Gasteiger partial charge in [-0.25, -0.2) is 0 Å². The van der Waals surface area contributed by atoms with Crippen molar-refractivity contribution < 1.29 is 0 Å². The molecular weight excluding hydrogens is 496 g/mol. The maximum atomic E-state index is 4.77. The number of para-hydroxylation sites is 2. The lowest BCUT2D eigenvalue weighted by Gasteiger charge is -2.25. The van der Waals surface area contributed by atoms with Gasteiger partial charge in [-0.05, 0) is 80.9 Å². The lowest BCUT2D eigenvalue weighted by Crippen LogP contribution is -2.00. The maximum Gasteiger partial charge on any atom is 0.0708 e. The number of hydrogen-bond donors (Lipinski definition) is 0. The van der Waals surface area contributed by atoms with Gasteiger partial charge in [-0.3, -0.25) is 4.98 Å². The van der Waals surface area contributed by atoms with E-state index in [0.717, 1.165) is 11.2 Å².